The van der Waals surface area contributed by atoms with E-state index in [1.165, 1.54) is 6.07 Å². The summed E-state index contributed by atoms with van der Waals surface area (Å²) in [5.74, 6) is -0.434. The van der Waals surface area contributed by atoms with E-state index in [1.807, 2.05) is 6.92 Å². The lowest BCUT2D eigenvalue weighted by Crippen LogP contribution is -2.45. The standard InChI is InChI=1S/C13H18N2O3/c1-3-14-13(18)9(2)15-12(17)8-10-6-4-5-7-11(10)16/h4-7,9,16H,3,8H2,1-2H3,(H,14,18)(H,15,17). The molecule has 1 unspecified atom stereocenters. The molecule has 0 radical (unpaired) electrons. The lowest BCUT2D eigenvalue weighted by molar-refractivity contribution is -0.128. The lowest BCUT2D eigenvalue weighted by atomic mass is 10.1. The average molecular weight is 250 g/mol. The summed E-state index contributed by atoms with van der Waals surface area (Å²) in [4.78, 5) is 23.1. The van der Waals surface area contributed by atoms with Gasteiger partial charge in [0.2, 0.25) is 11.8 Å². The van der Waals surface area contributed by atoms with Gasteiger partial charge in [-0.05, 0) is 19.9 Å². The Labute approximate surface area is 106 Å². The average Bonchev–Trinajstić information content (AvgIpc) is 2.32. The van der Waals surface area contributed by atoms with Crippen molar-refractivity contribution in [1.82, 2.24) is 10.6 Å². The summed E-state index contributed by atoms with van der Waals surface area (Å²) in [5, 5.41) is 14.7. The molecule has 0 bridgehead atoms. The molecule has 5 heteroatoms. The molecule has 0 aliphatic heterocycles. The van der Waals surface area contributed by atoms with Gasteiger partial charge < -0.3 is 15.7 Å². The number of amides is 2. The van der Waals surface area contributed by atoms with Crippen molar-refractivity contribution < 1.29 is 14.7 Å². The van der Waals surface area contributed by atoms with Gasteiger partial charge in [-0.3, -0.25) is 9.59 Å². The van der Waals surface area contributed by atoms with Gasteiger partial charge in [-0.15, -0.1) is 0 Å². The van der Waals surface area contributed by atoms with Gasteiger partial charge in [0.15, 0.2) is 0 Å². The van der Waals surface area contributed by atoms with Crippen molar-refractivity contribution in [1.29, 1.82) is 0 Å². The highest BCUT2D eigenvalue weighted by Gasteiger charge is 2.15. The number of hydrogen-bond acceptors (Lipinski definition) is 3. The Morgan fingerprint density at radius 2 is 2.00 bits per heavy atom. The van der Waals surface area contributed by atoms with E-state index in [1.54, 1.807) is 25.1 Å². The molecule has 0 aromatic heterocycles. The second-order valence-corrected chi connectivity index (χ2v) is 3.99. The molecule has 1 aromatic rings. The fraction of sp³-hybridized carbons (Fsp3) is 0.385. The van der Waals surface area contributed by atoms with Crippen LogP contribution in [0.5, 0.6) is 5.75 Å². The third kappa shape index (κ3) is 4.08. The summed E-state index contributed by atoms with van der Waals surface area (Å²) in [7, 11) is 0. The van der Waals surface area contributed by atoms with Crippen molar-refractivity contribution in [2.45, 2.75) is 26.3 Å². The van der Waals surface area contributed by atoms with Gasteiger partial charge in [0.25, 0.3) is 0 Å². The number of aromatic hydroxyl groups is 1. The first kappa shape index (κ1) is 14.0. The SMILES string of the molecule is CCNC(=O)C(C)NC(=O)Cc1ccccc1O. The van der Waals surface area contributed by atoms with E-state index in [-0.39, 0.29) is 24.0 Å². The second kappa shape index (κ2) is 6.64. The molecule has 0 spiro atoms. The minimum Gasteiger partial charge on any atom is -0.508 e. The normalized spacial score (nSPS) is 11.7. The van der Waals surface area contributed by atoms with Gasteiger partial charge in [0.05, 0.1) is 6.42 Å². The molecule has 0 aliphatic rings. The molecule has 18 heavy (non-hydrogen) atoms. The third-order valence-electron chi connectivity index (χ3n) is 2.46. The molecule has 0 aliphatic carbocycles. The number of likely N-dealkylation sites (N-methyl/N-ethyl adjacent to an activating group) is 1. The van der Waals surface area contributed by atoms with Gasteiger partial charge in [-0.1, -0.05) is 18.2 Å². The van der Waals surface area contributed by atoms with E-state index in [4.69, 9.17) is 0 Å². The van der Waals surface area contributed by atoms with Gasteiger partial charge in [-0.25, -0.2) is 0 Å². The Morgan fingerprint density at radius 3 is 2.61 bits per heavy atom. The van der Waals surface area contributed by atoms with Crippen molar-refractivity contribution in [2.24, 2.45) is 0 Å². The molecule has 98 valence electrons. The van der Waals surface area contributed by atoms with Crippen LogP contribution in [0.4, 0.5) is 0 Å². The maximum absolute atomic E-state index is 11.7. The summed E-state index contributed by atoms with van der Waals surface area (Å²) in [6.07, 6.45) is 0.0520. The van der Waals surface area contributed by atoms with Crippen molar-refractivity contribution in [3.63, 3.8) is 0 Å². The Hall–Kier alpha value is -2.04. The van der Waals surface area contributed by atoms with Crippen LogP contribution in [-0.2, 0) is 16.0 Å². The van der Waals surface area contributed by atoms with E-state index in [0.29, 0.717) is 12.1 Å². The number of carbonyl (C=O) groups is 2. The predicted molar refractivity (Wildman–Crippen MR) is 68.1 cm³/mol. The van der Waals surface area contributed by atoms with E-state index >= 15 is 0 Å². The molecule has 0 saturated heterocycles. The first-order valence-electron chi connectivity index (χ1n) is 5.88. The zero-order chi connectivity index (χ0) is 13.5. The van der Waals surface area contributed by atoms with E-state index in [0.717, 1.165) is 0 Å². The Kier molecular flexibility index (Phi) is 5.17. The molecular formula is C13H18N2O3. The summed E-state index contributed by atoms with van der Waals surface area (Å²) in [6, 6.07) is 6.05. The van der Waals surface area contributed by atoms with Crippen LogP contribution in [0.2, 0.25) is 0 Å². The molecule has 1 rings (SSSR count). The molecule has 5 nitrogen and oxygen atoms in total. The van der Waals surface area contributed by atoms with Gasteiger partial charge in [0, 0.05) is 12.1 Å². The number of nitrogens with one attached hydrogen (secondary N) is 2. The van der Waals surface area contributed by atoms with Crippen LogP contribution in [-0.4, -0.2) is 29.5 Å². The second-order valence-electron chi connectivity index (χ2n) is 3.99. The minimum atomic E-state index is -0.580. The van der Waals surface area contributed by atoms with Crippen molar-refractivity contribution in [2.75, 3.05) is 6.54 Å². The lowest BCUT2D eigenvalue weighted by Gasteiger charge is -2.13. The molecule has 1 aromatic carbocycles. The van der Waals surface area contributed by atoms with E-state index < -0.39 is 6.04 Å². The first-order chi connectivity index (χ1) is 8.54. The number of phenolic OH excluding ortho intramolecular Hbond substituents is 1. The summed E-state index contributed by atoms with van der Waals surface area (Å²) in [5.41, 5.74) is 0.540. The third-order valence-corrected chi connectivity index (χ3v) is 2.46. The van der Waals surface area contributed by atoms with Crippen molar-refractivity contribution in [3.8, 4) is 5.75 Å². The molecule has 0 fully saturated rings. The van der Waals surface area contributed by atoms with Gasteiger partial charge in [0.1, 0.15) is 11.8 Å². The van der Waals surface area contributed by atoms with Gasteiger partial charge >= 0.3 is 0 Å². The number of hydrogen-bond donors (Lipinski definition) is 3. The largest absolute Gasteiger partial charge is 0.508 e. The summed E-state index contributed by atoms with van der Waals surface area (Å²) < 4.78 is 0. The molecular weight excluding hydrogens is 232 g/mol. The van der Waals surface area contributed by atoms with Gasteiger partial charge in [-0.2, -0.15) is 0 Å². The summed E-state index contributed by atoms with van der Waals surface area (Å²) in [6.45, 7) is 3.96. The minimum absolute atomic E-state index is 0.0520. The highest BCUT2D eigenvalue weighted by Crippen LogP contribution is 2.15. The van der Waals surface area contributed by atoms with Crippen LogP contribution < -0.4 is 10.6 Å². The predicted octanol–water partition coefficient (Wildman–Crippen LogP) is 0.575. The van der Waals surface area contributed by atoms with Crippen molar-refractivity contribution in [3.05, 3.63) is 29.8 Å². The highest BCUT2D eigenvalue weighted by molar-refractivity contribution is 5.88. The Morgan fingerprint density at radius 1 is 1.33 bits per heavy atom. The topological polar surface area (TPSA) is 78.4 Å². The molecule has 1 atom stereocenters. The van der Waals surface area contributed by atoms with Crippen molar-refractivity contribution >= 4 is 11.8 Å². The van der Waals surface area contributed by atoms with Crippen LogP contribution in [0.1, 0.15) is 19.4 Å². The number of para-hydroxylation sites is 1. The maximum Gasteiger partial charge on any atom is 0.242 e. The molecule has 0 heterocycles. The molecule has 0 saturated carbocycles. The zero-order valence-corrected chi connectivity index (χ0v) is 10.6. The number of carbonyl (C=O) groups excluding carboxylic acids is 2. The van der Waals surface area contributed by atoms with Crippen LogP contribution in [0.25, 0.3) is 0 Å². The summed E-state index contributed by atoms with van der Waals surface area (Å²) >= 11 is 0. The van der Waals surface area contributed by atoms with E-state index in [2.05, 4.69) is 10.6 Å². The van der Waals surface area contributed by atoms with Crippen LogP contribution in [0.15, 0.2) is 24.3 Å². The maximum atomic E-state index is 11.7. The fourth-order valence-electron chi connectivity index (χ4n) is 1.52. The number of rotatable bonds is 5. The first-order valence-corrected chi connectivity index (χ1v) is 5.88. The van der Waals surface area contributed by atoms with E-state index in [9.17, 15) is 14.7 Å². The highest BCUT2D eigenvalue weighted by atomic mass is 16.3. The smallest absolute Gasteiger partial charge is 0.242 e. The Bertz CT molecular complexity index is 432. The monoisotopic (exact) mass is 250 g/mol. The number of phenols is 1. The number of benzene rings is 1. The fourth-order valence-corrected chi connectivity index (χ4v) is 1.52. The Balaban J connectivity index is 2.52. The molecule has 3 N–H and O–H groups in total. The van der Waals surface area contributed by atoms with Crippen LogP contribution in [0.3, 0.4) is 0 Å². The van der Waals surface area contributed by atoms with Crippen LogP contribution >= 0.6 is 0 Å². The van der Waals surface area contributed by atoms with Crippen LogP contribution in [0, 0.1) is 0 Å². The zero-order valence-electron chi connectivity index (χ0n) is 10.6. The quantitative estimate of drug-likeness (QED) is 0.715. The molecule has 2 amide bonds.